The molecule has 0 aromatic carbocycles. The number of piperidine rings is 1. The van der Waals surface area contributed by atoms with Gasteiger partial charge in [0, 0.05) is 37.8 Å². The fourth-order valence-electron chi connectivity index (χ4n) is 3.97. The zero-order valence-electron chi connectivity index (χ0n) is 16.3. The Bertz CT molecular complexity index is 938. The highest BCUT2D eigenvalue weighted by molar-refractivity contribution is 8.04. The number of nitrogens with one attached hydrogen (secondary N) is 1. The molecular weight excluding hydrogens is 372 g/mol. The van der Waals surface area contributed by atoms with Crippen LogP contribution in [0.15, 0.2) is 36.4 Å². The molecular formula is C20H25N6OS-. The second-order valence-electron chi connectivity index (χ2n) is 7.57. The van der Waals surface area contributed by atoms with Crippen molar-refractivity contribution in [2.24, 2.45) is 0 Å². The van der Waals surface area contributed by atoms with Crippen molar-refractivity contribution >= 4 is 34.5 Å². The van der Waals surface area contributed by atoms with Gasteiger partial charge in [-0.2, -0.15) is 6.20 Å². The highest BCUT2D eigenvalue weighted by atomic mass is 32.2. The van der Waals surface area contributed by atoms with Gasteiger partial charge in [-0.05, 0) is 18.9 Å². The van der Waals surface area contributed by atoms with E-state index in [0.717, 1.165) is 59.0 Å². The standard InChI is InChI=1S/C20H25N6OS/c1-4-24-20(3)6-5-7-26(12-20)19(27)15-11-25(8-9-28-15)18-16-14(2)10-21-17(16)22-13-23-18/h4,10-11,13H,1,5-9,12H2,2-3H3,(H,21,22,23)/q-1. The third-order valence-electron chi connectivity index (χ3n) is 5.36. The molecule has 0 aliphatic carbocycles. The molecule has 0 saturated carbocycles. The van der Waals surface area contributed by atoms with E-state index in [1.165, 1.54) is 0 Å². The third-order valence-corrected chi connectivity index (χ3v) is 6.34. The number of hydrogen-bond donors (Lipinski definition) is 1. The van der Waals surface area contributed by atoms with Crippen LogP contribution < -0.4 is 4.90 Å². The number of aryl methyl sites for hydroxylation is 1. The van der Waals surface area contributed by atoms with E-state index in [1.807, 2.05) is 24.2 Å². The number of amides is 1. The molecule has 1 amide bonds. The Kier molecular flexibility index (Phi) is 5.05. The number of anilines is 1. The Morgan fingerprint density at radius 1 is 1.43 bits per heavy atom. The van der Waals surface area contributed by atoms with Crippen molar-refractivity contribution in [1.82, 2.24) is 19.9 Å². The molecule has 4 rings (SSSR count). The lowest BCUT2D eigenvalue weighted by Gasteiger charge is -2.49. The van der Waals surface area contributed by atoms with Gasteiger partial charge in [-0.1, -0.05) is 18.9 Å². The number of fused-ring (bicyclic) bond motifs is 1. The largest absolute Gasteiger partial charge is 0.685 e. The van der Waals surface area contributed by atoms with Crippen LogP contribution in [-0.4, -0.2) is 56.7 Å². The van der Waals surface area contributed by atoms with Gasteiger partial charge in [0.05, 0.1) is 10.3 Å². The first-order valence-corrected chi connectivity index (χ1v) is 10.5. The summed E-state index contributed by atoms with van der Waals surface area (Å²) < 4.78 is 0. The summed E-state index contributed by atoms with van der Waals surface area (Å²) in [5, 5.41) is 5.51. The van der Waals surface area contributed by atoms with Crippen molar-refractivity contribution in [3.8, 4) is 0 Å². The van der Waals surface area contributed by atoms with Crippen LogP contribution in [0.25, 0.3) is 16.4 Å². The lowest BCUT2D eigenvalue weighted by molar-refractivity contribution is -0.128. The van der Waals surface area contributed by atoms with E-state index in [9.17, 15) is 4.79 Å². The fraction of sp³-hybridized carbons (Fsp3) is 0.450. The summed E-state index contributed by atoms with van der Waals surface area (Å²) in [6.45, 7) is 10.1. The average molecular weight is 398 g/mol. The van der Waals surface area contributed by atoms with E-state index in [-0.39, 0.29) is 11.4 Å². The van der Waals surface area contributed by atoms with Gasteiger partial charge in [0.1, 0.15) is 17.8 Å². The second kappa shape index (κ2) is 7.50. The van der Waals surface area contributed by atoms with Crippen LogP contribution in [0.3, 0.4) is 0 Å². The molecule has 0 spiro atoms. The minimum Gasteiger partial charge on any atom is -0.685 e. The zero-order valence-corrected chi connectivity index (χ0v) is 17.1. The van der Waals surface area contributed by atoms with Crippen LogP contribution in [-0.2, 0) is 4.79 Å². The average Bonchev–Trinajstić information content (AvgIpc) is 3.09. The number of likely N-dealkylation sites (tertiary alicyclic amines) is 1. The smallest absolute Gasteiger partial charge is 0.261 e. The number of nitrogens with zero attached hydrogens (tertiary/aromatic N) is 5. The number of aromatic amines is 1. The Labute approximate surface area is 169 Å². The quantitative estimate of drug-likeness (QED) is 0.853. The molecule has 1 unspecified atom stereocenters. The monoisotopic (exact) mass is 397 g/mol. The van der Waals surface area contributed by atoms with Gasteiger partial charge in [-0.25, -0.2) is 9.97 Å². The lowest BCUT2D eigenvalue weighted by atomic mass is 9.91. The molecule has 2 aromatic rings. The van der Waals surface area contributed by atoms with Gasteiger partial charge in [-0.15, -0.1) is 18.3 Å². The molecule has 0 bridgehead atoms. The van der Waals surface area contributed by atoms with Gasteiger partial charge in [0.25, 0.3) is 5.91 Å². The summed E-state index contributed by atoms with van der Waals surface area (Å²) in [6.07, 6.45) is 8.99. The second-order valence-corrected chi connectivity index (χ2v) is 8.70. The number of aromatic nitrogens is 3. The summed E-state index contributed by atoms with van der Waals surface area (Å²) >= 11 is 1.61. The van der Waals surface area contributed by atoms with Gasteiger partial charge in [0.15, 0.2) is 0 Å². The minimum absolute atomic E-state index is 0.0796. The maximum absolute atomic E-state index is 13.2. The Balaban J connectivity index is 1.60. The molecule has 8 heteroatoms. The van der Waals surface area contributed by atoms with Gasteiger partial charge in [0.2, 0.25) is 0 Å². The number of carbonyl (C=O) groups excluding carboxylic acids is 1. The molecule has 1 N–H and O–H groups in total. The number of thioether (sulfide) groups is 1. The number of rotatable bonds is 4. The topological polar surface area (TPSA) is 79.2 Å². The first-order chi connectivity index (χ1) is 13.5. The van der Waals surface area contributed by atoms with Crippen molar-refractivity contribution in [3.63, 3.8) is 0 Å². The Morgan fingerprint density at radius 2 is 2.29 bits per heavy atom. The molecule has 148 valence electrons. The van der Waals surface area contributed by atoms with E-state index in [4.69, 9.17) is 0 Å². The molecule has 2 aliphatic rings. The first kappa shape index (κ1) is 18.9. The molecule has 1 saturated heterocycles. The third kappa shape index (κ3) is 3.48. The summed E-state index contributed by atoms with van der Waals surface area (Å²) in [5.41, 5.74) is 1.68. The molecule has 28 heavy (non-hydrogen) atoms. The summed E-state index contributed by atoms with van der Waals surface area (Å²) in [5.74, 6) is 1.77. The van der Waals surface area contributed by atoms with Crippen molar-refractivity contribution in [1.29, 1.82) is 0 Å². The molecule has 2 aliphatic heterocycles. The van der Waals surface area contributed by atoms with Crippen molar-refractivity contribution in [2.45, 2.75) is 32.2 Å². The fourth-order valence-corrected chi connectivity index (χ4v) is 4.93. The first-order valence-electron chi connectivity index (χ1n) is 9.53. The van der Waals surface area contributed by atoms with Crippen LogP contribution in [0.1, 0.15) is 25.3 Å². The van der Waals surface area contributed by atoms with Crippen molar-refractivity contribution in [2.75, 3.05) is 30.3 Å². The highest BCUT2D eigenvalue weighted by Gasteiger charge is 2.30. The Hall–Kier alpha value is -2.48. The maximum Gasteiger partial charge on any atom is 0.261 e. The van der Waals surface area contributed by atoms with Crippen molar-refractivity contribution in [3.05, 3.63) is 47.3 Å². The normalized spacial score (nSPS) is 22.9. The van der Waals surface area contributed by atoms with E-state index in [0.29, 0.717) is 6.54 Å². The van der Waals surface area contributed by atoms with Gasteiger partial charge >= 0.3 is 0 Å². The van der Waals surface area contributed by atoms with Crippen LogP contribution in [0.4, 0.5) is 5.82 Å². The zero-order chi connectivity index (χ0) is 19.7. The highest BCUT2D eigenvalue weighted by Crippen LogP contribution is 2.34. The minimum atomic E-state index is -0.240. The van der Waals surface area contributed by atoms with E-state index in [2.05, 4.69) is 38.7 Å². The molecule has 1 fully saturated rings. The molecule has 0 radical (unpaired) electrons. The SMILES string of the molecule is C=C[N-]C1(C)CCCN(C(=O)C2=CN(c3ncnc4[nH]cc(C)c34)CCS2)C1. The predicted octanol–water partition coefficient (Wildman–Crippen LogP) is 3.56. The molecule has 1 atom stereocenters. The molecule has 4 heterocycles. The summed E-state index contributed by atoms with van der Waals surface area (Å²) in [4.78, 5) is 30.0. The van der Waals surface area contributed by atoms with Crippen molar-refractivity contribution < 1.29 is 4.79 Å². The molecule has 7 nitrogen and oxygen atoms in total. The number of H-pyrrole nitrogens is 1. The van der Waals surface area contributed by atoms with Crippen LogP contribution >= 0.6 is 11.8 Å². The molecule has 2 aromatic heterocycles. The maximum atomic E-state index is 13.2. The van der Waals surface area contributed by atoms with Crippen LogP contribution in [0.2, 0.25) is 0 Å². The summed E-state index contributed by atoms with van der Waals surface area (Å²) in [7, 11) is 0. The van der Waals surface area contributed by atoms with Gasteiger partial charge < -0.3 is 20.1 Å². The van der Waals surface area contributed by atoms with Crippen LogP contribution in [0, 0.1) is 6.92 Å². The lowest BCUT2D eigenvalue weighted by Crippen LogP contribution is -2.48. The van der Waals surface area contributed by atoms with E-state index in [1.54, 1.807) is 24.3 Å². The number of hydrogen-bond acceptors (Lipinski definition) is 5. The predicted molar refractivity (Wildman–Crippen MR) is 114 cm³/mol. The van der Waals surface area contributed by atoms with E-state index >= 15 is 0 Å². The van der Waals surface area contributed by atoms with E-state index < -0.39 is 0 Å². The summed E-state index contributed by atoms with van der Waals surface area (Å²) in [6, 6.07) is 0. The Morgan fingerprint density at radius 3 is 3.11 bits per heavy atom. The van der Waals surface area contributed by atoms with Crippen LogP contribution in [0.5, 0.6) is 0 Å². The number of carbonyl (C=O) groups is 1. The van der Waals surface area contributed by atoms with Gasteiger partial charge in [-0.3, -0.25) is 4.79 Å².